The average Bonchev–Trinajstić information content (AvgIpc) is 3.40. The molecule has 0 saturated heterocycles. The second-order valence-electron chi connectivity index (χ2n) is 6.39. The highest BCUT2D eigenvalue weighted by Gasteiger charge is 2.23. The van der Waals surface area contributed by atoms with Crippen molar-refractivity contribution >= 4 is 23.0 Å². The number of carbonyl (C=O) groups excluding carboxylic acids is 1. The molecule has 0 radical (unpaired) electrons. The minimum atomic E-state index is -0.291. The van der Waals surface area contributed by atoms with Gasteiger partial charge in [0.15, 0.2) is 0 Å². The summed E-state index contributed by atoms with van der Waals surface area (Å²) in [6, 6.07) is 5.72. The molecule has 4 aromatic heterocycles. The number of nitrogens with zero attached hydrogens (tertiary/aromatic N) is 7. The summed E-state index contributed by atoms with van der Waals surface area (Å²) in [5, 5.41) is 14.4. The van der Waals surface area contributed by atoms with E-state index in [1.54, 1.807) is 9.42 Å². The number of hydrogen-bond acceptors (Lipinski definition) is 8. The molecular weight excluding hydrogens is 378 g/mol. The van der Waals surface area contributed by atoms with Gasteiger partial charge < -0.3 is 9.32 Å². The van der Waals surface area contributed by atoms with Crippen molar-refractivity contribution in [2.24, 2.45) is 0 Å². The van der Waals surface area contributed by atoms with Gasteiger partial charge in [0.1, 0.15) is 0 Å². The van der Waals surface area contributed by atoms with Gasteiger partial charge in [-0.15, -0.1) is 26.6 Å². The molecule has 0 aliphatic carbocycles. The number of rotatable bonds is 6. The van der Waals surface area contributed by atoms with Crippen LogP contribution in [0.25, 0.3) is 16.5 Å². The van der Waals surface area contributed by atoms with E-state index in [9.17, 15) is 4.79 Å². The molecule has 0 N–H and O–H groups in total. The Kier molecular flexibility index (Phi) is 4.86. The highest BCUT2D eigenvalue weighted by Crippen LogP contribution is 2.23. The van der Waals surface area contributed by atoms with Crippen LogP contribution in [0.2, 0.25) is 0 Å². The molecule has 0 saturated carbocycles. The summed E-state index contributed by atoms with van der Waals surface area (Å²) in [6.45, 7) is 6.51. The van der Waals surface area contributed by atoms with Crippen LogP contribution in [-0.2, 0) is 6.54 Å². The summed E-state index contributed by atoms with van der Waals surface area (Å²) in [7, 11) is 0. The Morgan fingerprint density at radius 2 is 2.14 bits per heavy atom. The van der Waals surface area contributed by atoms with Gasteiger partial charge in [0.25, 0.3) is 17.6 Å². The Bertz CT molecular complexity index is 1120. The van der Waals surface area contributed by atoms with Gasteiger partial charge in [-0.3, -0.25) is 4.79 Å². The van der Waals surface area contributed by atoms with Gasteiger partial charge in [0, 0.05) is 17.9 Å². The molecule has 4 rings (SSSR count). The summed E-state index contributed by atoms with van der Waals surface area (Å²) >= 11 is 1.52. The van der Waals surface area contributed by atoms with Gasteiger partial charge >= 0.3 is 0 Å². The Labute approximate surface area is 165 Å². The molecule has 0 spiro atoms. The molecule has 0 atom stereocenters. The van der Waals surface area contributed by atoms with Crippen LogP contribution in [0.4, 0.5) is 0 Å². The molecule has 0 bridgehead atoms. The fraction of sp³-hybridized carbons (Fsp3) is 0.333. The number of hydrogen-bond donors (Lipinski definition) is 0. The van der Waals surface area contributed by atoms with E-state index in [0.717, 1.165) is 22.7 Å². The van der Waals surface area contributed by atoms with E-state index < -0.39 is 0 Å². The van der Waals surface area contributed by atoms with Gasteiger partial charge in [0.2, 0.25) is 11.7 Å². The van der Waals surface area contributed by atoms with Crippen LogP contribution in [0.15, 0.2) is 28.0 Å². The van der Waals surface area contributed by atoms with Crippen molar-refractivity contribution in [3.63, 3.8) is 0 Å². The number of carbonyl (C=O) groups is 1. The van der Waals surface area contributed by atoms with Crippen molar-refractivity contribution in [3.05, 3.63) is 46.7 Å². The van der Waals surface area contributed by atoms with Crippen molar-refractivity contribution in [2.75, 3.05) is 6.54 Å². The first-order valence-corrected chi connectivity index (χ1v) is 9.79. The van der Waals surface area contributed by atoms with E-state index in [1.807, 2.05) is 44.4 Å². The minimum Gasteiger partial charge on any atom is -0.418 e. The van der Waals surface area contributed by atoms with E-state index in [1.165, 1.54) is 11.3 Å². The van der Waals surface area contributed by atoms with E-state index in [2.05, 4.69) is 25.3 Å². The maximum Gasteiger partial charge on any atom is 0.294 e. The molecule has 9 nitrogen and oxygen atoms in total. The average molecular weight is 397 g/mol. The molecule has 0 aliphatic heterocycles. The van der Waals surface area contributed by atoms with Gasteiger partial charge in [-0.1, -0.05) is 13.0 Å². The van der Waals surface area contributed by atoms with E-state index in [-0.39, 0.29) is 18.3 Å². The van der Waals surface area contributed by atoms with E-state index >= 15 is 0 Å². The van der Waals surface area contributed by atoms with Crippen molar-refractivity contribution in [1.29, 1.82) is 0 Å². The van der Waals surface area contributed by atoms with Crippen molar-refractivity contribution in [3.8, 4) is 10.8 Å². The quantitative estimate of drug-likeness (QED) is 0.493. The second-order valence-corrected chi connectivity index (χ2v) is 7.34. The summed E-state index contributed by atoms with van der Waals surface area (Å²) in [4.78, 5) is 24.2. The summed E-state index contributed by atoms with van der Waals surface area (Å²) in [6.07, 6.45) is 0.779. The molecular formula is C18H19N7O2S. The molecule has 4 aromatic rings. The Morgan fingerprint density at radius 3 is 2.89 bits per heavy atom. The van der Waals surface area contributed by atoms with Gasteiger partial charge in [-0.2, -0.15) is 4.98 Å². The lowest BCUT2D eigenvalue weighted by atomic mass is 10.3. The first-order chi connectivity index (χ1) is 13.5. The first kappa shape index (κ1) is 18.2. The number of thiophene rings is 1. The third-order valence-electron chi connectivity index (χ3n) is 4.12. The number of amides is 1. The second kappa shape index (κ2) is 7.47. The predicted molar refractivity (Wildman–Crippen MR) is 103 cm³/mol. The lowest BCUT2D eigenvalue weighted by Crippen LogP contribution is -2.32. The maximum atomic E-state index is 13.0. The summed E-state index contributed by atoms with van der Waals surface area (Å²) < 4.78 is 7.30. The zero-order valence-electron chi connectivity index (χ0n) is 15.8. The molecule has 1 amide bonds. The van der Waals surface area contributed by atoms with Crippen LogP contribution in [0.1, 0.15) is 41.2 Å². The SMILES string of the molecule is CCCN(Cc1nnc(-c2cccs2)o1)C(=O)c1nc2nc(C)cc(C)n2n1. The largest absolute Gasteiger partial charge is 0.418 e. The Morgan fingerprint density at radius 1 is 1.29 bits per heavy atom. The van der Waals surface area contributed by atoms with Crippen LogP contribution >= 0.6 is 11.3 Å². The lowest BCUT2D eigenvalue weighted by Gasteiger charge is -2.18. The highest BCUT2D eigenvalue weighted by molar-refractivity contribution is 7.13. The molecule has 144 valence electrons. The van der Waals surface area contributed by atoms with E-state index in [4.69, 9.17) is 4.42 Å². The molecule has 10 heteroatoms. The van der Waals surface area contributed by atoms with Crippen LogP contribution in [0.3, 0.4) is 0 Å². The number of fused-ring (bicyclic) bond motifs is 1. The molecule has 0 unspecified atom stereocenters. The van der Waals surface area contributed by atoms with Crippen LogP contribution in [0, 0.1) is 13.8 Å². The summed E-state index contributed by atoms with van der Waals surface area (Å²) in [5.74, 6) is 1.05. The normalized spacial score (nSPS) is 11.2. The predicted octanol–water partition coefficient (Wildman–Crippen LogP) is 2.91. The fourth-order valence-corrected chi connectivity index (χ4v) is 3.55. The molecule has 0 aromatic carbocycles. The van der Waals surface area contributed by atoms with Crippen LogP contribution < -0.4 is 0 Å². The zero-order valence-corrected chi connectivity index (χ0v) is 16.6. The smallest absolute Gasteiger partial charge is 0.294 e. The molecule has 0 aliphatic rings. The highest BCUT2D eigenvalue weighted by atomic mass is 32.1. The third-order valence-corrected chi connectivity index (χ3v) is 4.97. The first-order valence-electron chi connectivity index (χ1n) is 8.91. The number of aromatic nitrogens is 6. The molecule has 4 heterocycles. The van der Waals surface area contributed by atoms with Gasteiger partial charge in [-0.05, 0) is 37.8 Å². The Hall–Kier alpha value is -3.14. The topological polar surface area (TPSA) is 102 Å². The maximum absolute atomic E-state index is 13.0. The molecule has 28 heavy (non-hydrogen) atoms. The third kappa shape index (κ3) is 3.50. The van der Waals surface area contributed by atoms with Gasteiger partial charge in [0.05, 0.1) is 11.4 Å². The van der Waals surface area contributed by atoms with E-state index in [0.29, 0.717) is 24.1 Å². The lowest BCUT2D eigenvalue weighted by molar-refractivity contribution is 0.0716. The van der Waals surface area contributed by atoms with Gasteiger partial charge in [-0.25, -0.2) is 9.50 Å². The monoisotopic (exact) mass is 397 g/mol. The number of aryl methyl sites for hydroxylation is 2. The fourth-order valence-electron chi connectivity index (χ4n) is 2.90. The minimum absolute atomic E-state index is 0.104. The summed E-state index contributed by atoms with van der Waals surface area (Å²) in [5.41, 5.74) is 1.70. The van der Waals surface area contributed by atoms with Crippen LogP contribution in [-0.4, -0.2) is 47.1 Å². The van der Waals surface area contributed by atoms with Crippen molar-refractivity contribution in [2.45, 2.75) is 33.7 Å². The standard InChI is InChI=1S/C18H19N7O2S/c1-4-7-24(10-14-21-22-16(27-14)13-6-5-8-28-13)17(26)15-20-18-19-11(2)9-12(3)25(18)23-15/h5-6,8-9H,4,7,10H2,1-3H3. The zero-order chi connectivity index (χ0) is 19.7. The van der Waals surface area contributed by atoms with Crippen molar-refractivity contribution < 1.29 is 9.21 Å². The van der Waals surface area contributed by atoms with Crippen LogP contribution in [0.5, 0.6) is 0 Å². The Balaban J connectivity index is 1.59. The van der Waals surface area contributed by atoms with Crippen molar-refractivity contribution in [1.82, 2.24) is 34.7 Å². The molecule has 0 fully saturated rings.